The van der Waals surface area contributed by atoms with Crippen molar-refractivity contribution in [2.24, 2.45) is 46.3 Å². The Kier molecular flexibility index (Phi) is 7.80. The molecular weight excluding hydrogens is 435 g/mol. The molecule has 192 valence electrons. The van der Waals surface area contributed by atoms with Gasteiger partial charge in [-0.15, -0.1) is 0 Å². The van der Waals surface area contributed by atoms with E-state index in [1.165, 1.54) is 51.4 Å². The predicted octanol–water partition coefficient (Wildman–Crippen LogP) is 6.01. The van der Waals surface area contributed by atoms with E-state index in [4.69, 9.17) is 9.63 Å². The summed E-state index contributed by atoms with van der Waals surface area (Å²) in [6.45, 7) is 9.23. The third-order valence-electron chi connectivity index (χ3n) is 11.3. The van der Waals surface area contributed by atoms with Crippen molar-refractivity contribution in [2.45, 2.75) is 110 Å². The van der Waals surface area contributed by atoms with Crippen molar-refractivity contribution in [3.05, 3.63) is 0 Å². The summed E-state index contributed by atoms with van der Waals surface area (Å²) < 4.78 is 18.2. The lowest BCUT2D eigenvalue weighted by atomic mass is 9.44. The molecule has 0 aromatic heterocycles. The van der Waals surface area contributed by atoms with E-state index in [1.807, 2.05) is 0 Å². The van der Waals surface area contributed by atoms with Crippen LogP contribution >= 0.6 is 7.60 Å². The quantitative estimate of drug-likeness (QED) is 0.368. The van der Waals surface area contributed by atoms with E-state index in [0.717, 1.165) is 48.9 Å². The molecule has 0 aromatic rings. The molecule has 0 aromatic carbocycles. The zero-order valence-corrected chi connectivity index (χ0v) is 22.3. The van der Waals surface area contributed by atoms with Crippen molar-refractivity contribution in [1.82, 2.24) is 0 Å². The Hall–Kier alpha value is 0.0700. The number of rotatable bonds is 8. The van der Waals surface area contributed by atoms with Crippen molar-refractivity contribution in [2.75, 3.05) is 13.2 Å². The minimum absolute atomic E-state index is 0.273. The van der Waals surface area contributed by atoms with Gasteiger partial charge in [0.25, 0.3) is 0 Å². The molecule has 0 spiro atoms. The van der Waals surface area contributed by atoms with Crippen molar-refractivity contribution >= 4 is 7.60 Å². The Balaban J connectivity index is 1.45. The third-order valence-corrected chi connectivity index (χ3v) is 13.2. The van der Waals surface area contributed by atoms with Crippen molar-refractivity contribution < 1.29 is 24.2 Å². The SMILES string of the molecule is CCC[C@@H](C)[C@H]1CCC2C3CCC4CC(P(=O)(O)OC[C@@H](O)CO)CC[C@]4(C)C3CC[C@@]21C. The van der Waals surface area contributed by atoms with Gasteiger partial charge >= 0.3 is 7.60 Å². The Bertz CT molecular complexity index is 729. The topological polar surface area (TPSA) is 87.0 Å². The van der Waals surface area contributed by atoms with E-state index in [2.05, 4.69) is 27.7 Å². The minimum Gasteiger partial charge on any atom is -0.394 e. The summed E-state index contributed by atoms with van der Waals surface area (Å²) in [6.07, 6.45) is 12.1. The summed E-state index contributed by atoms with van der Waals surface area (Å²) in [5, 5.41) is 18.5. The Labute approximate surface area is 201 Å². The molecule has 4 aliphatic rings. The van der Waals surface area contributed by atoms with Crippen LogP contribution in [0, 0.1) is 46.3 Å². The van der Waals surface area contributed by atoms with Gasteiger partial charge < -0.3 is 19.6 Å². The molecule has 6 heteroatoms. The molecule has 3 N–H and O–H groups in total. The summed E-state index contributed by atoms with van der Waals surface area (Å²) in [7, 11) is -3.79. The second kappa shape index (κ2) is 9.85. The Morgan fingerprint density at radius 3 is 2.42 bits per heavy atom. The van der Waals surface area contributed by atoms with Crippen LogP contribution in [0.2, 0.25) is 0 Å². The molecule has 4 fully saturated rings. The first-order valence-electron chi connectivity index (χ1n) is 13.8. The van der Waals surface area contributed by atoms with Gasteiger partial charge in [0.2, 0.25) is 0 Å². The second-order valence-electron chi connectivity index (χ2n) is 12.8. The molecule has 0 radical (unpaired) electrons. The summed E-state index contributed by atoms with van der Waals surface area (Å²) in [4.78, 5) is 10.6. The highest BCUT2D eigenvalue weighted by atomic mass is 31.2. The van der Waals surface area contributed by atoms with Crippen LogP contribution in [0.3, 0.4) is 0 Å². The molecular formula is C27H49O5P. The first kappa shape index (κ1) is 26.1. The highest BCUT2D eigenvalue weighted by molar-refractivity contribution is 7.53. The molecule has 4 aliphatic carbocycles. The minimum atomic E-state index is -3.79. The number of hydrogen-bond donors (Lipinski definition) is 3. The smallest absolute Gasteiger partial charge is 0.331 e. The van der Waals surface area contributed by atoms with E-state index in [-0.39, 0.29) is 17.7 Å². The normalized spacial score (nSPS) is 46.5. The highest BCUT2D eigenvalue weighted by Gasteiger charge is 2.61. The van der Waals surface area contributed by atoms with E-state index in [1.54, 1.807) is 0 Å². The Morgan fingerprint density at radius 2 is 1.73 bits per heavy atom. The van der Waals surface area contributed by atoms with Gasteiger partial charge in [0.05, 0.1) is 18.9 Å². The van der Waals surface area contributed by atoms with Gasteiger partial charge in [-0.25, -0.2) is 0 Å². The maximum Gasteiger partial charge on any atom is 0.331 e. The monoisotopic (exact) mass is 484 g/mol. The molecule has 0 bridgehead atoms. The van der Waals surface area contributed by atoms with E-state index < -0.39 is 20.3 Å². The summed E-state index contributed by atoms with van der Waals surface area (Å²) in [5.74, 6) is 4.67. The summed E-state index contributed by atoms with van der Waals surface area (Å²) >= 11 is 0. The maximum absolute atomic E-state index is 12.9. The van der Waals surface area contributed by atoms with Crippen molar-refractivity contribution in [3.63, 3.8) is 0 Å². The van der Waals surface area contributed by atoms with Crippen LogP contribution in [0.1, 0.15) is 98.3 Å². The highest BCUT2D eigenvalue weighted by Crippen LogP contribution is 2.70. The molecule has 0 aliphatic heterocycles. The molecule has 0 amide bonds. The van der Waals surface area contributed by atoms with Crippen molar-refractivity contribution in [1.29, 1.82) is 0 Å². The van der Waals surface area contributed by atoms with Crippen LogP contribution in [-0.4, -0.2) is 40.1 Å². The van der Waals surface area contributed by atoms with Gasteiger partial charge in [-0.05, 0) is 104 Å². The van der Waals surface area contributed by atoms with Crippen LogP contribution < -0.4 is 0 Å². The zero-order chi connectivity index (χ0) is 24.0. The molecule has 4 rings (SSSR count). The van der Waals surface area contributed by atoms with Crippen LogP contribution in [0.5, 0.6) is 0 Å². The molecule has 0 heterocycles. The molecule has 0 saturated heterocycles. The first-order chi connectivity index (χ1) is 15.6. The van der Waals surface area contributed by atoms with E-state index in [9.17, 15) is 14.6 Å². The van der Waals surface area contributed by atoms with Gasteiger partial charge in [-0.2, -0.15) is 0 Å². The molecule has 5 nitrogen and oxygen atoms in total. The van der Waals surface area contributed by atoms with Gasteiger partial charge in [0.15, 0.2) is 0 Å². The maximum atomic E-state index is 12.9. The van der Waals surface area contributed by atoms with Crippen LogP contribution in [0.15, 0.2) is 0 Å². The number of aliphatic hydroxyl groups is 2. The first-order valence-corrected chi connectivity index (χ1v) is 15.5. The van der Waals surface area contributed by atoms with Crippen LogP contribution in [0.25, 0.3) is 0 Å². The Morgan fingerprint density at radius 1 is 1.03 bits per heavy atom. The fourth-order valence-electron chi connectivity index (χ4n) is 9.51. The van der Waals surface area contributed by atoms with Gasteiger partial charge in [0.1, 0.15) is 6.10 Å². The standard InChI is InChI=1S/C27H49O5P/c1-5-6-18(2)23-9-10-24-22-8-7-19-15-21(33(30,31)32-17-20(29)16-28)11-13-26(19,3)25(22)12-14-27(23,24)4/h18-25,28-29H,5-17H2,1-4H3,(H,30,31)/t18-,19?,20+,21?,22?,23-,24?,25?,26+,27-/m1/s1. The predicted molar refractivity (Wildman–Crippen MR) is 132 cm³/mol. The molecule has 6 unspecified atom stereocenters. The lowest BCUT2D eigenvalue weighted by molar-refractivity contribution is -0.114. The molecule has 33 heavy (non-hydrogen) atoms. The van der Waals surface area contributed by atoms with Gasteiger partial charge in [0, 0.05) is 0 Å². The second-order valence-corrected chi connectivity index (χ2v) is 14.9. The largest absolute Gasteiger partial charge is 0.394 e. The lowest BCUT2D eigenvalue weighted by Gasteiger charge is -2.61. The van der Waals surface area contributed by atoms with Crippen LogP contribution in [-0.2, 0) is 9.09 Å². The van der Waals surface area contributed by atoms with Crippen LogP contribution in [0.4, 0.5) is 0 Å². The van der Waals surface area contributed by atoms with E-state index in [0.29, 0.717) is 11.3 Å². The fraction of sp³-hybridized carbons (Fsp3) is 1.00. The molecule has 11 atom stereocenters. The van der Waals surface area contributed by atoms with Gasteiger partial charge in [-0.1, -0.05) is 40.5 Å². The third kappa shape index (κ3) is 4.64. The summed E-state index contributed by atoms with van der Waals surface area (Å²) in [6, 6.07) is 0. The summed E-state index contributed by atoms with van der Waals surface area (Å²) in [5.41, 5.74) is 0.453. The average molecular weight is 485 g/mol. The zero-order valence-electron chi connectivity index (χ0n) is 21.4. The van der Waals surface area contributed by atoms with Gasteiger partial charge in [-0.3, -0.25) is 4.57 Å². The lowest BCUT2D eigenvalue weighted by Crippen LogP contribution is -2.54. The molecule has 4 saturated carbocycles. The number of hydrogen-bond acceptors (Lipinski definition) is 4. The number of aliphatic hydroxyl groups excluding tert-OH is 2. The van der Waals surface area contributed by atoms with E-state index >= 15 is 0 Å². The van der Waals surface area contributed by atoms with Crippen molar-refractivity contribution in [3.8, 4) is 0 Å². The average Bonchev–Trinajstić information content (AvgIpc) is 3.14. The fourth-order valence-corrected chi connectivity index (χ4v) is 11.1. The number of fused-ring (bicyclic) bond motifs is 5.